The Hall–Kier alpha value is -5.25. The minimum atomic E-state index is -0.341. The summed E-state index contributed by atoms with van der Waals surface area (Å²) < 4.78 is 13.3. The van der Waals surface area contributed by atoms with E-state index in [4.69, 9.17) is 9.47 Å². The van der Waals surface area contributed by atoms with Gasteiger partial charge in [0.2, 0.25) is 5.91 Å². The topological polar surface area (TPSA) is 121 Å². The third kappa shape index (κ3) is 9.09. The summed E-state index contributed by atoms with van der Waals surface area (Å²) in [6.07, 6.45) is 7.61. The smallest absolute Gasteiger partial charge is 0.264 e. The van der Waals surface area contributed by atoms with E-state index in [9.17, 15) is 19.6 Å². The predicted molar refractivity (Wildman–Crippen MR) is 212 cm³/mol. The molecule has 5 rings (SSSR count). The van der Waals surface area contributed by atoms with Crippen molar-refractivity contribution in [2.75, 3.05) is 47.4 Å². The lowest BCUT2D eigenvalue weighted by Gasteiger charge is -2.35. The van der Waals surface area contributed by atoms with Crippen LogP contribution >= 0.6 is 11.3 Å². The first-order valence-electron chi connectivity index (χ1n) is 18.3. The van der Waals surface area contributed by atoms with Gasteiger partial charge in [0.15, 0.2) is 0 Å². The van der Waals surface area contributed by atoms with Crippen molar-refractivity contribution in [2.45, 2.75) is 59.0 Å². The van der Waals surface area contributed by atoms with Crippen molar-refractivity contribution in [2.24, 2.45) is 7.05 Å². The van der Waals surface area contributed by atoms with Crippen LogP contribution in [0.3, 0.4) is 0 Å². The van der Waals surface area contributed by atoms with Crippen LogP contribution in [-0.4, -0.2) is 83.5 Å². The van der Waals surface area contributed by atoms with Crippen LogP contribution in [0.5, 0.6) is 11.5 Å². The quantitative estimate of drug-likeness (QED) is 0.108. The highest BCUT2D eigenvalue weighted by molar-refractivity contribution is 7.10. The van der Waals surface area contributed by atoms with Crippen molar-refractivity contribution >= 4 is 29.2 Å². The monoisotopic (exact) mass is 750 g/mol. The van der Waals surface area contributed by atoms with Crippen LogP contribution < -0.4 is 15.0 Å². The fraction of sp³-hybridized carbons (Fsp3) is 0.405. The van der Waals surface area contributed by atoms with E-state index in [1.165, 1.54) is 11.3 Å². The molecule has 54 heavy (non-hydrogen) atoms. The molecule has 1 aliphatic heterocycles. The van der Waals surface area contributed by atoms with Crippen LogP contribution in [0, 0.1) is 25.2 Å². The Bertz CT molecular complexity index is 2070. The zero-order chi connectivity index (χ0) is 38.9. The molecular formula is C42H50N6O5S. The molecule has 1 saturated heterocycles. The molecule has 284 valence electrons. The third-order valence-corrected chi connectivity index (χ3v) is 11.1. The summed E-state index contributed by atoms with van der Waals surface area (Å²) in [5, 5.41) is 12.2. The second-order valence-corrected chi connectivity index (χ2v) is 14.7. The number of ether oxygens (including phenoxy) is 2. The first kappa shape index (κ1) is 39.9. The van der Waals surface area contributed by atoms with E-state index in [0.29, 0.717) is 54.5 Å². The molecule has 2 aromatic carbocycles. The van der Waals surface area contributed by atoms with Crippen molar-refractivity contribution in [3.05, 3.63) is 103 Å². The second-order valence-electron chi connectivity index (χ2n) is 13.7. The summed E-state index contributed by atoms with van der Waals surface area (Å²) in [6, 6.07) is 13.9. The van der Waals surface area contributed by atoms with Gasteiger partial charge in [-0.1, -0.05) is 37.6 Å². The number of hydrogen-bond donors (Lipinski definition) is 0. The summed E-state index contributed by atoms with van der Waals surface area (Å²) in [7, 11) is 6.81. The van der Waals surface area contributed by atoms with Gasteiger partial charge in [-0.2, -0.15) is 5.26 Å². The Morgan fingerprint density at radius 3 is 2.39 bits per heavy atom. The number of carbonyl (C=O) groups excluding carboxylic acids is 2. The highest BCUT2D eigenvalue weighted by Gasteiger charge is 2.26. The number of nitrogens with zero attached hydrogens (tertiary/aromatic N) is 6. The number of carbonyl (C=O) groups is 2. The second kappa shape index (κ2) is 18.2. The summed E-state index contributed by atoms with van der Waals surface area (Å²) in [5.74, 6) is 1.20. The molecule has 0 N–H and O–H groups in total. The normalized spacial score (nSPS) is 14.0. The maximum absolute atomic E-state index is 13.4. The van der Waals surface area contributed by atoms with Gasteiger partial charge in [-0.25, -0.2) is 4.98 Å². The zero-order valence-electron chi connectivity index (χ0n) is 32.3. The Labute approximate surface area is 322 Å². The number of aryl methyl sites for hydroxylation is 2. The number of likely N-dealkylation sites (N-methyl/N-ethyl adjacent to an activating group) is 1. The predicted octanol–water partition coefficient (Wildman–Crippen LogP) is 6.33. The number of thiazole rings is 1. The van der Waals surface area contributed by atoms with Gasteiger partial charge >= 0.3 is 0 Å². The SMILES string of the molecule is CCCC(c1cccc(CCC(=O)N2CCN(Cc3c(OC)cc(-c4cn(C)c(=O)c(C)c4C)cc3OC)CC2)c1)N(C)C(=O)C(C#N)=Cc1nccs1. The average Bonchev–Trinajstić information content (AvgIpc) is 3.72. The summed E-state index contributed by atoms with van der Waals surface area (Å²) >= 11 is 1.37. The standard InChI is InChI=1S/C42H50N6O5S/c1-8-10-36(46(5)42(51)33(25-43)24-39-44-15-20-54-39)31-12-9-11-30(21-31)13-14-40(49)48-18-16-47(17-19-48)27-35-37(52-6)22-32(23-38(35)53-7)34-26-45(4)41(50)29(3)28(34)2/h9,11-12,15,20-24,26,36H,8,10,13-14,16-19,27H2,1-7H3. The van der Waals surface area contributed by atoms with Crippen molar-refractivity contribution in [3.8, 4) is 28.7 Å². The molecule has 2 aromatic heterocycles. The number of amides is 2. The van der Waals surface area contributed by atoms with Crippen molar-refractivity contribution in [3.63, 3.8) is 0 Å². The minimum Gasteiger partial charge on any atom is -0.496 e. The van der Waals surface area contributed by atoms with Crippen molar-refractivity contribution in [1.29, 1.82) is 5.26 Å². The number of benzene rings is 2. The molecule has 1 fully saturated rings. The zero-order valence-corrected chi connectivity index (χ0v) is 33.2. The van der Waals surface area contributed by atoms with E-state index < -0.39 is 0 Å². The van der Waals surface area contributed by atoms with Gasteiger partial charge < -0.3 is 23.8 Å². The van der Waals surface area contributed by atoms with E-state index in [-0.39, 0.29) is 29.0 Å². The summed E-state index contributed by atoms with van der Waals surface area (Å²) in [6.45, 7) is 9.17. The van der Waals surface area contributed by atoms with Crippen molar-refractivity contribution in [1.82, 2.24) is 24.3 Å². The highest BCUT2D eigenvalue weighted by atomic mass is 32.1. The van der Waals surface area contributed by atoms with Gasteiger partial charge in [-0.05, 0) is 67.2 Å². The van der Waals surface area contributed by atoms with Gasteiger partial charge in [0.25, 0.3) is 11.5 Å². The van der Waals surface area contributed by atoms with Crippen molar-refractivity contribution < 1.29 is 19.1 Å². The minimum absolute atomic E-state index is 0.0130. The number of rotatable bonds is 14. The van der Waals surface area contributed by atoms with Gasteiger partial charge in [0.05, 0.1) is 25.8 Å². The fourth-order valence-electron chi connectivity index (χ4n) is 7.07. The van der Waals surface area contributed by atoms with Gasteiger partial charge in [0.1, 0.15) is 28.1 Å². The Kier molecular flexibility index (Phi) is 13.5. The maximum Gasteiger partial charge on any atom is 0.264 e. The molecule has 1 atom stereocenters. The molecule has 1 aliphatic rings. The Balaban J connectivity index is 1.20. The maximum atomic E-state index is 13.4. The number of pyridine rings is 1. The van der Waals surface area contributed by atoms with E-state index in [1.807, 2.05) is 60.7 Å². The molecule has 0 saturated carbocycles. The first-order valence-corrected chi connectivity index (χ1v) is 19.2. The van der Waals surface area contributed by atoms with Crippen LogP contribution in [0.1, 0.15) is 65.1 Å². The lowest BCUT2D eigenvalue weighted by molar-refractivity contribution is -0.133. The molecule has 0 spiro atoms. The van der Waals surface area contributed by atoms with E-state index in [2.05, 4.69) is 28.9 Å². The molecule has 11 nitrogen and oxygen atoms in total. The van der Waals surface area contributed by atoms with Crippen LogP contribution in [0.15, 0.2) is 64.5 Å². The number of hydrogen-bond acceptors (Lipinski definition) is 9. The Morgan fingerprint density at radius 2 is 1.78 bits per heavy atom. The lowest BCUT2D eigenvalue weighted by atomic mass is 9.96. The largest absolute Gasteiger partial charge is 0.496 e. The molecule has 3 heterocycles. The molecule has 1 unspecified atom stereocenters. The van der Waals surface area contributed by atoms with Crippen LogP contribution in [0.4, 0.5) is 0 Å². The Morgan fingerprint density at radius 1 is 1.07 bits per heavy atom. The van der Waals surface area contributed by atoms with Gasteiger partial charge in [-0.15, -0.1) is 11.3 Å². The summed E-state index contributed by atoms with van der Waals surface area (Å²) in [5.41, 5.74) is 6.50. The fourth-order valence-corrected chi connectivity index (χ4v) is 7.64. The lowest BCUT2D eigenvalue weighted by Crippen LogP contribution is -2.48. The van der Waals surface area contributed by atoms with Crippen LogP contribution in [0.25, 0.3) is 17.2 Å². The molecule has 4 aromatic rings. The van der Waals surface area contributed by atoms with E-state index in [0.717, 1.165) is 59.3 Å². The molecule has 0 radical (unpaired) electrons. The number of piperazine rings is 1. The van der Waals surface area contributed by atoms with Gasteiger partial charge in [0, 0.05) is 82.1 Å². The average molecular weight is 751 g/mol. The van der Waals surface area contributed by atoms with E-state index in [1.54, 1.807) is 50.1 Å². The third-order valence-electron chi connectivity index (χ3n) is 10.3. The highest BCUT2D eigenvalue weighted by Crippen LogP contribution is 2.37. The number of aromatic nitrogens is 2. The number of nitriles is 1. The van der Waals surface area contributed by atoms with Crippen LogP contribution in [-0.2, 0) is 29.6 Å². The first-order chi connectivity index (χ1) is 26.0. The van der Waals surface area contributed by atoms with Gasteiger partial charge in [-0.3, -0.25) is 19.3 Å². The molecule has 2 amide bonds. The van der Waals surface area contributed by atoms with E-state index >= 15 is 0 Å². The molecule has 0 aliphatic carbocycles. The molecule has 12 heteroatoms. The number of methoxy groups -OCH3 is 2. The van der Waals surface area contributed by atoms with Crippen LogP contribution in [0.2, 0.25) is 0 Å². The molecule has 0 bridgehead atoms. The summed E-state index contributed by atoms with van der Waals surface area (Å²) in [4.78, 5) is 49.4. The molecular weight excluding hydrogens is 701 g/mol.